The first-order chi connectivity index (χ1) is 12.9. The summed E-state index contributed by atoms with van der Waals surface area (Å²) in [5.41, 5.74) is 3.21. The molecule has 136 valence electrons. The zero-order chi connectivity index (χ0) is 19.4. The van der Waals surface area contributed by atoms with E-state index in [4.69, 9.17) is 27.6 Å². The lowest BCUT2D eigenvalue weighted by Crippen LogP contribution is -2.18. The summed E-state index contributed by atoms with van der Waals surface area (Å²) in [7, 11) is 0. The monoisotopic (exact) mass is 403 g/mol. The molecule has 0 spiro atoms. The molecule has 0 saturated heterocycles. The zero-order valence-electron chi connectivity index (χ0n) is 13.6. The Bertz CT molecular complexity index is 1030. The van der Waals surface area contributed by atoms with Gasteiger partial charge in [0.15, 0.2) is 0 Å². The Kier molecular flexibility index (Phi) is 5.54. The van der Waals surface area contributed by atoms with Crippen LogP contribution in [0.4, 0.5) is 5.69 Å². The molecule has 0 saturated carbocycles. The van der Waals surface area contributed by atoms with E-state index in [9.17, 15) is 14.9 Å². The first-order valence-corrected chi connectivity index (χ1v) is 8.33. The largest absolute Gasteiger partial charge is 0.455 e. The average molecular weight is 404 g/mol. The van der Waals surface area contributed by atoms with Crippen LogP contribution in [0.5, 0.6) is 0 Å². The minimum Gasteiger partial charge on any atom is -0.455 e. The van der Waals surface area contributed by atoms with Crippen LogP contribution in [0.1, 0.15) is 16.1 Å². The smallest absolute Gasteiger partial charge is 0.272 e. The van der Waals surface area contributed by atoms with E-state index in [1.165, 1.54) is 30.5 Å². The van der Waals surface area contributed by atoms with E-state index in [2.05, 4.69) is 10.5 Å². The summed E-state index contributed by atoms with van der Waals surface area (Å²) in [6.07, 6.45) is 1.32. The number of nitrogens with zero attached hydrogens (tertiary/aromatic N) is 2. The third-order valence-electron chi connectivity index (χ3n) is 3.52. The predicted molar refractivity (Wildman–Crippen MR) is 102 cm³/mol. The van der Waals surface area contributed by atoms with Crippen LogP contribution in [-0.2, 0) is 0 Å². The van der Waals surface area contributed by atoms with Gasteiger partial charge in [0.2, 0.25) is 0 Å². The summed E-state index contributed by atoms with van der Waals surface area (Å²) in [5, 5.41) is 15.1. The predicted octanol–water partition coefficient (Wildman–Crippen LogP) is 4.93. The molecular weight excluding hydrogens is 393 g/mol. The summed E-state index contributed by atoms with van der Waals surface area (Å²) in [6, 6.07) is 13.8. The van der Waals surface area contributed by atoms with Gasteiger partial charge in [-0.15, -0.1) is 0 Å². The topological polar surface area (TPSA) is 97.7 Å². The molecule has 0 radical (unpaired) electrons. The van der Waals surface area contributed by atoms with Gasteiger partial charge in [-0.25, -0.2) is 5.43 Å². The van der Waals surface area contributed by atoms with Gasteiger partial charge < -0.3 is 4.42 Å². The molecule has 0 atom stereocenters. The number of amides is 1. The highest BCUT2D eigenvalue weighted by Gasteiger charge is 2.11. The highest BCUT2D eigenvalue weighted by molar-refractivity contribution is 6.35. The second kappa shape index (κ2) is 8.03. The summed E-state index contributed by atoms with van der Waals surface area (Å²) >= 11 is 11.8. The third-order valence-corrected chi connectivity index (χ3v) is 4.09. The molecule has 0 unspecified atom stereocenters. The van der Waals surface area contributed by atoms with E-state index in [0.29, 0.717) is 22.1 Å². The van der Waals surface area contributed by atoms with Crippen LogP contribution in [0.3, 0.4) is 0 Å². The summed E-state index contributed by atoms with van der Waals surface area (Å²) in [5.74, 6) is 0.386. The minimum absolute atomic E-state index is 0.00511. The van der Waals surface area contributed by atoms with E-state index in [1.54, 1.807) is 30.3 Å². The van der Waals surface area contributed by atoms with Crippen LogP contribution in [0.15, 0.2) is 64.1 Å². The summed E-state index contributed by atoms with van der Waals surface area (Å²) < 4.78 is 5.58. The molecule has 0 fully saturated rings. The van der Waals surface area contributed by atoms with Gasteiger partial charge in [0.1, 0.15) is 11.5 Å². The number of carbonyl (C=O) groups is 1. The number of hydrazone groups is 1. The Balaban J connectivity index is 1.67. The maximum atomic E-state index is 12.1. The molecule has 1 heterocycles. The Labute approximate surface area is 163 Å². The molecule has 1 aromatic heterocycles. The van der Waals surface area contributed by atoms with Crippen molar-refractivity contribution in [1.82, 2.24) is 5.43 Å². The number of carbonyl (C=O) groups excluding carboxylic acids is 1. The van der Waals surface area contributed by atoms with Gasteiger partial charge in [-0.05, 0) is 42.5 Å². The van der Waals surface area contributed by atoms with Crippen molar-refractivity contribution < 1.29 is 14.1 Å². The molecule has 9 heteroatoms. The Morgan fingerprint density at radius 1 is 1.11 bits per heavy atom. The number of benzene rings is 2. The van der Waals surface area contributed by atoms with Crippen molar-refractivity contribution in [3.8, 4) is 11.3 Å². The normalized spacial score (nSPS) is 10.9. The molecule has 3 rings (SSSR count). The van der Waals surface area contributed by atoms with Crippen LogP contribution in [0.25, 0.3) is 11.3 Å². The fourth-order valence-corrected chi connectivity index (χ4v) is 2.59. The number of non-ortho nitro benzene ring substituents is 1. The molecule has 0 aliphatic carbocycles. The van der Waals surface area contributed by atoms with Crippen LogP contribution in [0, 0.1) is 10.1 Å². The van der Waals surface area contributed by atoms with Gasteiger partial charge in [0, 0.05) is 22.7 Å². The van der Waals surface area contributed by atoms with Crippen molar-refractivity contribution >= 4 is 41.0 Å². The molecule has 0 aliphatic rings. The number of halogens is 2. The molecule has 0 aliphatic heterocycles. The molecular formula is C18H11Cl2N3O4. The first-order valence-electron chi connectivity index (χ1n) is 7.57. The van der Waals surface area contributed by atoms with Crippen LogP contribution < -0.4 is 5.43 Å². The van der Waals surface area contributed by atoms with E-state index in [1.807, 2.05) is 0 Å². The molecule has 27 heavy (non-hydrogen) atoms. The second-order valence-corrected chi connectivity index (χ2v) is 6.17. The molecule has 3 aromatic rings. The zero-order valence-corrected chi connectivity index (χ0v) is 15.1. The Morgan fingerprint density at radius 2 is 1.85 bits per heavy atom. The van der Waals surface area contributed by atoms with Crippen LogP contribution in [-0.4, -0.2) is 17.0 Å². The van der Waals surface area contributed by atoms with E-state index >= 15 is 0 Å². The van der Waals surface area contributed by atoms with Gasteiger partial charge in [0.25, 0.3) is 11.6 Å². The van der Waals surface area contributed by atoms with Crippen molar-refractivity contribution in [3.63, 3.8) is 0 Å². The van der Waals surface area contributed by atoms with E-state index in [0.717, 1.165) is 0 Å². The quantitative estimate of drug-likeness (QED) is 0.371. The highest BCUT2D eigenvalue weighted by atomic mass is 35.5. The Morgan fingerprint density at radius 3 is 2.56 bits per heavy atom. The Hall–Kier alpha value is -3.16. The SMILES string of the molecule is O=C(N/N=C\c1ccc(-c2ccc([N+](=O)[O-])cc2)o1)c1cc(Cl)ccc1Cl. The van der Waals surface area contributed by atoms with Gasteiger partial charge in [-0.3, -0.25) is 14.9 Å². The second-order valence-electron chi connectivity index (χ2n) is 5.33. The number of nitro groups is 1. The molecule has 2 aromatic carbocycles. The first kappa shape index (κ1) is 18.6. The summed E-state index contributed by atoms with van der Waals surface area (Å²) in [4.78, 5) is 22.3. The number of nitrogens with one attached hydrogen (secondary N) is 1. The van der Waals surface area contributed by atoms with Crippen molar-refractivity contribution in [2.45, 2.75) is 0 Å². The maximum Gasteiger partial charge on any atom is 0.272 e. The van der Waals surface area contributed by atoms with Crippen molar-refractivity contribution in [2.75, 3.05) is 0 Å². The van der Waals surface area contributed by atoms with Crippen molar-refractivity contribution in [3.05, 3.63) is 86.1 Å². The fraction of sp³-hybridized carbons (Fsp3) is 0. The number of hydrogen-bond acceptors (Lipinski definition) is 5. The number of hydrogen-bond donors (Lipinski definition) is 1. The van der Waals surface area contributed by atoms with Gasteiger partial charge in [-0.2, -0.15) is 5.10 Å². The van der Waals surface area contributed by atoms with E-state index in [-0.39, 0.29) is 16.3 Å². The number of rotatable bonds is 5. The molecule has 1 amide bonds. The molecule has 1 N–H and O–H groups in total. The van der Waals surface area contributed by atoms with Crippen molar-refractivity contribution in [1.29, 1.82) is 0 Å². The highest BCUT2D eigenvalue weighted by Crippen LogP contribution is 2.24. The molecule has 0 bridgehead atoms. The number of nitro benzene ring substituents is 1. The maximum absolute atomic E-state index is 12.1. The third kappa shape index (κ3) is 4.52. The minimum atomic E-state index is -0.513. The van der Waals surface area contributed by atoms with Crippen molar-refractivity contribution in [2.24, 2.45) is 5.10 Å². The number of furan rings is 1. The fourth-order valence-electron chi connectivity index (χ4n) is 2.21. The standard InChI is InChI=1S/C18H11Cl2N3O4/c19-12-3-7-16(20)15(9-12)18(24)22-21-10-14-6-8-17(27-14)11-1-4-13(5-2-11)23(25)26/h1-10H,(H,22,24)/b21-10-. The van der Waals surface area contributed by atoms with E-state index < -0.39 is 10.8 Å². The molecule has 7 nitrogen and oxygen atoms in total. The van der Waals surface area contributed by atoms with Crippen LogP contribution in [0.2, 0.25) is 10.0 Å². The van der Waals surface area contributed by atoms with Crippen LogP contribution >= 0.6 is 23.2 Å². The van der Waals surface area contributed by atoms with Gasteiger partial charge in [-0.1, -0.05) is 23.2 Å². The summed E-state index contributed by atoms with van der Waals surface area (Å²) in [6.45, 7) is 0. The lowest BCUT2D eigenvalue weighted by Gasteiger charge is -2.02. The lowest BCUT2D eigenvalue weighted by molar-refractivity contribution is -0.384. The van der Waals surface area contributed by atoms with Gasteiger partial charge >= 0.3 is 0 Å². The van der Waals surface area contributed by atoms with Gasteiger partial charge in [0.05, 0.1) is 21.7 Å². The lowest BCUT2D eigenvalue weighted by atomic mass is 10.1. The average Bonchev–Trinajstić information content (AvgIpc) is 3.12.